The molecular formula is C24H30ClN3O2. The zero-order valence-corrected chi connectivity index (χ0v) is 18.5. The number of amides is 1. The number of halogens is 1. The predicted octanol–water partition coefficient (Wildman–Crippen LogP) is 5.25. The Morgan fingerprint density at radius 1 is 1.10 bits per heavy atom. The van der Waals surface area contributed by atoms with E-state index < -0.39 is 0 Å². The number of unbranched alkanes of at least 4 members (excludes halogenated alkanes) is 2. The van der Waals surface area contributed by atoms with Crippen molar-refractivity contribution in [3.05, 3.63) is 59.4 Å². The van der Waals surface area contributed by atoms with Crippen LogP contribution in [0.1, 0.15) is 38.9 Å². The summed E-state index contributed by atoms with van der Waals surface area (Å²) in [6.07, 6.45) is 3.99. The van der Waals surface area contributed by atoms with Gasteiger partial charge in [0.15, 0.2) is 0 Å². The van der Waals surface area contributed by atoms with Gasteiger partial charge in [-0.1, -0.05) is 44.0 Å². The summed E-state index contributed by atoms with van der Waals surface area (Å²) in [6.45, 7) is 5.87. The molecule has 1 heterocycles. The summed E-state index contributed by atoms with van der Waals surface area (Å²) in [5.41, 5.74) is 2.15. The molecule has 30 heavy (non-hydrogen) atoms. The summed E-state index contributed by atoms with van der Waals surface area (Å²) in [5, 5.41) is 3.68. The topological polar surface area (TPSA) is 56.2 Å². The largest absolute Gasteiger partial charge is 0.492 e. The minimum absolute atomic E-state index is 0.0417. The average molecular weight is 428 g/mol. The molecule has 0 radical (unpaired) electrons. The molecule has 1 N–H and O–H groups in total. The van der Waals surface area contributed by atoms with Crippen LogP contribution in [0.4, 0.5) is 0 Å². The SMILES string of the molecule is CC(C)C(=O)NCCCCCc1nc2ccccc2n1CCOc1ccc(Cl)cc1. The lowest BCUT2D eigenvalue weighted by Crippen LogP contribution is -2.28. The molecule has 2 aromatic carbocycles. The van der Waals surface area contributed by atoms with E-state index in [4.69, 9.17) is 21.3 Å². The Kier molecular flexibility index (Phi) is 8.14. The number of imidazole rings is 1. The molecule has 6 heteroatoms. The van der Waals surface area contributed by atoms with Crippen LogP contribution < -0.4 is 10.1 Å². The van der Waals surface area contributed by atoms with Crippen LogP contribution in [-0.4, -0.2) is 28.6 Å². The van der Waals surface area contributed by atoms with Gasteiger partial charge in [0.25, 0.3) is 0 Å². The fraction of sp³-hybridized carbons (Fsp3) is 0.417. The molecule has 0 saturated carbocycles. The molecule has 0 saturated heterocycles. The first-order valence-corrected chi connectivity index (χ1v) is 11.0. The summed E-state index contributed by atoms with van der Waals surface area (Å²) >= 11 is 5.93. The van der Waals surface area contributed by atoms with Gasteiger partial charge in [-0.15, -0.1) is 0 Å². The molecule has 160 valence electrons. The lowest BCUT2D eigenvalue weighted by Gasteiger charge is -2.11. The monoisotopic (exact) mass is 427 g/mol. The van der Waals surface area contributed by atoms with Gasteiger partial charge in [-0.3, -0.25) is 4.79 Å². The van der Waals surface area contributed by atoms with Crippen LogP contribution in [-0.2, 0) is 17.8 Å². The van der Waals surface area contributed by atoms with E-state index in [9.17, 15) is 4.79 Å². The highest BCUT2D eigenvalue weighted by Gasteiger charge is 2.11. The number of ether oxygens (including phenoxy) is 1. The van der Waals surface area contributed by atoms with E-state index in [1.807, 2.05) is 50.2 Å². The second-order valence-corrected chi connectivity index (χ2v) is 8.16. The molecule has 0 spiro atoms. The smallest absolute Gasteiger partial charge is 0.222 e. The molecule has 0 aliphatic rings. The number of rotatable bonds is 11. The van der Waals surface area contributed by atoms with Gasteiger partial charge in [0.05, 0.1) is 17.6 Å². The van der Waals surface area contributed by atoms with Crippen molar-refractivity contribution in [2.45, 2.75) is 46.1 Å². The summed E-state index contributed by atoms with van der Waals surface area (Å²) in [4.78, 5) is 16.5. The van der Waals surface area contributed by atoms with Gasteiger partial charge in [0, 0.05) is 23.9 Å². The molecule has 1 aromatic heterocycles. The Labute approximate surface area is 183 Å². The third-order valence-corrected chi connectivity index (χ3v) is 5.28. The average Bonchev–Trinajstić information content (AvgIpc) is 3.09. The number of nitrogens with zero attached hydrogens (tertiary/aromatic N) is 2. The highest BCUT2D eigenvalue weighted by Crippen LogP contribution is 2.19. The van der Waals surface area contributed by atoms with Crippen molar-refractivity contribution >= 4 is 28.5 Å². The second-order valence-electron chi connectivity index (χ2n) is 7.73. The number of hydrogen-bond donors (Lipinski definition) is 1. The Bertz CT molecular complexity index is 951. The molecule has 0 fully saturated rings. The van der Waals surface area contributed by atoms with Crippen molar-refractivity contribution in [3.8, 4) is 5.75 Å². The molecule has 0 atom stereocenters. The molecule has 1 amide bonds. The molecule has 5 nitrogen and oxygen atoms in total. The summed E-state index contributed by atoms with van der Waals surface area (Å²) in [6, 6.07) is 15.6. The maximum absolute atomic E-state index is 11.6. The van der Waals surface area contributed by atoms with Crippen LogP contribution in [0.3, 0.4) is 0 Å². The number of nitrogens with one attached hydrogen (secondary N) is 1. The Balaban J connectivity index is 1.53. The Hall–Kier alpha value is -2.53. The van der Waals surface area contributed by atoms with Crippen molar-refractivity contribution in [2.75, 3.05) is 13.2 Å². The zero-order valence-electron chi connectivity index (χ0n) is 17.7. The molecular weight excluding hydrogens is 398 g/mol. The first-order chi connectivity index (χ1) is 14.5. The minimum atomic E-state index is 0.0417. The number of fused-ring (bicyclic) bond motifs is 1. The van der Waals surface area contributed by atoms with Crippen molar-refractivity contribution in [3.63, 3.8) is 0 Å². The lowest BCUT2D eigenvalue weighted by atomic mass is 10.1. The number of carbonyl (C=O) groups is 1. The second kappa shape index (κ2) is 11.0. The van der Waals surface area contributed by atoms with Crippen molar-refractivity contribution in [1.82, 2.24) is 14.9 Å². The van der Waals surface area contributed by atoms with E-state index in [2.05, 4.69) is 22.0 Å². The number of hydrogen-bond acceptors (Lipinski definition) is 3. The third-order valence-electron chi connectivity index (χ3n) is 5.03. The van der Waals surface area contributed by atoms with Crippen LogP contribution >= 0.6 is 11.6 Å². The number of aryl methyl sites for hydroxylation is 1. The minimum Gasteiger partial charge on any atom is -0.492 e. The highest BCUT2D eigenvalue weighted by molar-refractivity contribution is 6.30. The van der Waals surface area contributed by atoms with Gasteiger partial charge >= 0.3 is 0 Å². The molecule has 3 aromatic rings. The van der Waals surface area contributed by atoms with Crippen LogP contribution in [0.25, 0.3) is 11.0 Å². The Morgan fingerprint density at radius 2 is 1.87 bits per heavy atom. The van der Waals surface area contributed by atoms with Gasteiger partial charge in [0.2, 0.25) is 5.91 Å². The van der Waals surface area contributed by atoms with Gasteiger partial charge in [-0.05, 0) is 49.2 Å². The van der Waals surface area contributed by atoms with E-state index >= 15 is 0 Å². The fourth-order valence-electron chi connectivity index (χ4n) is 3.35. The highest BCUT2D eigenvalue weighted by atomic mass is 35.5. The molecule has 3 rings (SSSR count). The normalized spacial score (nSPS) is 11.2. The van der Waals surface area contributed by atoms with Crippen molar-refractivity contribution in [1.29, 1.82) is 0 Å². The van der Waals surface area contributed by atoms with Crippen LogP contribution in [0.5, 0.6) is 5.75 Å². The van der Waals surface area contributed by atoms with Crippen molar-refractivity contribution in [2.24, 2.45) is 5.92 Å². The van der Waals surface area contributed by atoms with E-state index in [0.29, 0.717) is 11.6 Å². The molecule has 0 bridgehead atoms. The van der Waals surface area contributed by atoms with Crippen LogP contribution in [0.2, 0.25) is 5.02 Å². The van der Waals surface area contributed by atoms with Crippen LogP contribution in [0, 0.1) is 5.92 Å². The van der Waals surface area contributed by atoms with Crippen LogP contribution in [0.15, 0.2) is 48.5 Å². The molecule has 0 aliphatic carbocycles. The van der Waals surface area contributed by atoms with Crippen molar-refractivity contribution < 1.29 is 9.53 Å². The maximum Gasteiger partial charge on any atom is 0.222 e. The molecule has 0 unspecified atom stereocenters. The summed E-state index contributed by atoms with van der Waals surface area (Å²) in [5.74, 6) is 2.06. The number of benzene rings is 2. The molecule has 0 aliphatic heterocycles. The maximum atomic E-state index is 11.6. The predicted molar refractivity (Wildman–Crippen MR) is 122 cm³/mol. The van der Waals surface area contributed by atoms with Gasteiger partial charge < -0.3 is 14.6 Å². The lowest BCUT2D eigenvalue weighted by molar-refractivity contribution is -0.123. The standard InChI is InChI=1S/C24H30ClN3O2/c1-18(2)24(29)26-15-7-3-4-10-23-27-21-8-5-6-9-22(21)28(23)16-17-30-20-13-11-19(25)12-14-20/h5-6,8-9,11-14,18H,3-4,7,10,15-17H2,1-2H3,(H,26,29). The zero-order chi connectivity index (χ0) is 21.3. The number of carbonyl (C=O) groups excluding carboxylic acids is 1. The van der Waals surface area contributed by atoms with E-state index in [-0.39, 0.29) is 11.8 Å². The quantitative estimate of drug-likeness (QED) is 0.425. The Morgan fingerprint density at radius 3 is 2.63 bits per heavy atom. The van der Waals surface area contributed by atoms with E-state index in [1.54, 1.807) is 0 Å². The van der Waals surface area contributed by atoms with Gasteiger partial charge in [0.1, 0.15) is 18.2 Å². The van der Waals surface area contributed by atoms with Gasteiger partial charge in [-0.2, -0.15) is 0 Å². The third kappa shape index (κ3) is 6.23. The van der Waals surface area contributed by atoms with E-state index in [1.165, 1.54) is 0 Å². The summed E-state index contributed by atoms with van der Waals surface area (Å²) < 4.78 is 8.15. The number of aromatic nitrogens is 2. The number of para-hydroxylation sites is 2. The van der Waals surface area contributed by atoms with Gasteiger partial charge in [-0.25, -0.2) is 4.98 Å². The van der Waals surface area contributed by atoms with E-state index in [0.717, 1.165) is 61.4 Å². The summed E-state index contributed by atoms with van der Waals surface area (Å²) in [7, 11) is 0. The fourth-order valence-corrected chi connectivity index (χ4v) is 3.48. The first-order valence-electron chi connectivity index (χ1n) is 10.6. The first kappa shape index (κ1) is 22.2.